The number of halogens is 1. The number of rotatable bonds is 5. The Kier molecular flexibility index (Phi) is 4.47. The zero-order valence-electron chi connectivity index (χ0n) is 11.1. The number of aliphatic carboxylic acids is 1. The minimum absolute atomic E-state index is 0.149. The van der Waals surface area contributed by atoms with Crippen molar-refractivity contribution in [1.29, 1.82) is 0 Å². The predicted octanol–water partition coefficient (Wildman–Crippen LogP) is 2.47. The molecule has 0 spiro atoms. The first-order chi connectivity index (χ1) is 9.06. The van der Waals surface area contributed by atoms with Crippen molar-refractivity contribution in [2.45, 2.75) is 32.2 Å². The average Bonchev–Trinajstić information content (AvgIpc) is 2.85. The Morgan fingerprint density at radius 3 is 3.05 bits per heavy atom. The molecule has 4 nitrogen and oxygen atoms in total. The number of carboxylic acid groups (broad SMARTS) is 1. The van der Waals surface area contributed by atoms with E-state index in [2.05, 4.69) is 16.8 Å². The molecule has 0 saturated carbocycles. The summed E-state index contributed by atoms with van der Waals surface area (Å²) >= 11 is 0. The number of pyridine rings is 1. The molecule has 1 aromatic heterocycles. The van der Waals surface area contributed by atoms with Crippen LogP contribution in [0.2, 0.25) is 0 Å². The second-order valence-corrected chi connectivity index (χ2v) is 5.16. The van der Waals surface area contributed by atoms with Gasteiger partial charge in [0, 0.05) is 19.0 Å². The van der Waals surface area contributed by atoms with Gasteiger partial charge in [-0.3, -0.25) is 14.7 Å². The first-order valence-electron chi connectivity index (χ1n) is 6.63. The fourth-order valence-corrected chi connectivity index (χ4v) is 2.60. The molecule has 1 aliphatic rings. The van der Waals surface area contributed by atoms with Crippen molar-refractivity contribution in [2.75, 3.05) is 13.1 Å². The third-order valence-electron chi connectivity index (χ3n) is 3.81. The van der Waals surface area contributed by atoms with Crippen LogP contribution in [0.25, 0.3) is 0 Å². The summed E-state index contributed by atoms with van der Waals surface area (Å²) in [5.41, 5.74) is 0.861. The van der Waals surface area contributed by atoms with E-state index in [1.165, 1.54) is 12.3 Å². The van der Waals surface area contributed by atoms with Gasteiger partial charge in [-0.25, -0.2) is 4.39 Å². The summed E-state index contributed by atoms with van der Waals surface area (Å²) in [6, 6.07) is 3.29. The molecule has 2 unspecified atom stereocenters. The molecule has 1 aliphatic heterocycles. The maximum atomic E-state index is 12.8. The average molecular weight is 266 g/mol. The Morgan fingerprint density at radius 1 is 1.63 bits per heavy atom. The molecule has 1 fully saturated rings. The van der Waals surface area contributed by atoms with Crippen molar-refractivity contribution in [3.63, 3.8) is 0 Å². The summed E-state index contributed by atoms with van der Waals surface area (Å²) in [5.74, 6) is -0.609. The van der Waals surface area contributed by atoms with Gasteiger partial charge in [0.2, 0.25) is 0 Å². The summed E-state index contributed by atoms with van der Waals surface area (Å²) in [7, 11) is 0. The number of carboxylic acids is 1. The first-order valence-corrected chi connectivity index (χ1v) is 6.63. The summed E-state index contributed by atoms with van der Waals surface area (Å²) in [4.78, 5) is 17.0. The van der Waals surface area contributed by atoms with Crippen LogP contribution >= 0.6 is 0 Å². The largest absolute Gasteiger partial charge is 0.481 e. The highest BCUT2D eigenvalue weighted by atomic mass is 19.1. The zero-order valence-corrected chi connectivity index (χ0v) is 11.1. The van der Waals surface area contributed by atoms with Gasteiger partial charge in [-0.1, -0.05) is 0 Å². The standard InChI is InChI=1S/C14H19FN2O2/c1-10(13-4-3-12(15)8-16-13)17-7-6-11(9-17)2-5-14(18)19/h3-4,8,10-11H,2,5-7,9H2,1H3,(H,18,19). The molecule has 5 heteroatoms. The quantitative estimate of drug-likeness (QED) is 0.889. The van der Waals surface area contributed by atoms with Crippen molar-refractivity contribution in [3.05, 3.63) is 29.8 Å². The number of hydrogen-bond acceptors (Lipinski definition) is 3. The SMILES string of the molecule is CC(c1ccc(F)cn1)N1CCC(CCC(=O)O)C1. The second kappa shape index (κ2) is 6.10. The molecule has 2 atom stereocenters. The number of carbonyl (C=O) groups is 1. The second-order valence-electron chi connectivity index (χ2n) is 5.16. The van der Waals surface area contributed by atoms with E-state index in [-0.39, 0.29) is 18.3 Å². The molecule has 0 bridgehead atoms. The van der Waals surface area contributed by atoms with Gasteiger partial charge in [0.15, 0.2) is 0 Å². The van der Waals surface area contributed by atoms with Gasteiger partial charge in [-0.05, 0) is 44.4 Å². The van der Waals surface area contributed by atoms with Gasteiger partial charge in [0.05, 0.1) is 11.9 Å². The third-order valence-corrected chi connectivity index (χ3v) is 3.81. The first kappa shape index (κ1) is 13.9. The molecular weight excluding hydrogens is 247 g/mol. The van der Waals surface area contributed by atoms with Crippen LogP contribution in [0.4, 0.5) is 4.39 Å². The molecule has 2 rings (SSSR count). The number of likely N-dealkylation sites (tertiary alicyclic amines) is 1. The normalized spacial score (nSPS) is 21.5. The third kappa shape index (κ3) is 3.73. The topological polar surface area (TPSA) is 53.4 Å². The molecule has 2 heterocycles. The summed E-state index contributed by atoms with van der Waals surface area (Å²) in [6.07, 6.45) is 3.24. The Balaban J connectivity index is 1.89. The van der Waals surface area contributed by atoms with Crippen LogP contribution in [0.1, 0.15) is 37.9 Å². The van der Waals surface area contributed by atoms with Gasteiger partial charge in [0.1, 0.15) is 5.82 Å². The van der Waals surface area contributed by atoms with Crippen molar-refractivity contribution in [1.82, 2.24) is 9.88 Å². The molecule has 104 valence electrons. The lowest BCUT2D eigenvalue weighted by atomic mass is 10.0. The van der Waals surface area contributed by atoms with Crippen LogP contribution in [-0.2, 0) is 4.79 Å². The van der Waals surface area contributed by atoms with E-state index in [9.17, 15) is 9.18 Å². The molecule has 1 aromatic rings. The molecular formula is C14H19FN2O2. The number of hydrogen-bond donors (Lipinski definition) is 1. The van der Waals surface area contributed by atoms with E-state index < -0.39 is 5.97 Å². The van der Waals surface area contributed by atoms with Gasteiger partial charge < -0.3 is 5.11 Å². The van der Waals surface area contributed by atoms with Crippen LogP contribution in [0.15, 0.2) is 18.3 Å². The smallest absolute Gasteiger partial charge is 0.303 e. The lowest BCUT2D eigenvalue weighted by Gasteiger charge is -2.23. The van der Waals surface area contributed by atoms with E-state index in [4.69, 9.17) is 5.11 Å². The summed E-state index contributed by atoms with van der Waals surface area (Å²) < 4.78 is 12.8. The van der Waals surface area contributed by atoms with E-state index in [0.29, 0.717) is 5.92 Å². The Bertz CT molecular complexity index is 436. The molecule has 19 heavy (non-hydrogen) atoms. The Morgan fingerprint density at radius 2 is 2.42 bits per heavy atom. The monoisotopic (exact) mass is 266 g/mol. The van der Waals surface area contributed by atoms with Crippen LogP contribution in [0.3, 0.4) is 0 Å². The van der Waals surface area contributed by atoms with E-state index in [1.54, 1.807) is 6.07 Å². The zero-order chi connectivity index (χ0) is 13.8. The van der Waals surface area contributed by atoms with E-state index >= 15 is 0 Å². The maximum Gasteiger partial charge on any atom is 0.303 e. The summed E-state index contributed by atoms with van der Waals surface area (Å²) in [6.45, 7) is 3.90. The highest BCUT2D eigenvalue weighted by Crippen LogP contribution is 2.28. The van der Waals surface area contributed by atoms with Crippen molar-refractivity contribution >= 4 is 5.97 Å². The lowest BCUT2D eigenvalue weighted by Crippen LogP contribution is -2.25. The summed E-state index contributed by atoms with van der Waals surface area (Å²) in [5, 5.41) is 8.69. The predicted molar refractivity (Wildman–Crippen MR) is 69.2 cm³/mol. The molecule has 0 amide bonds. The van der Waals surface area contributed by atoms with Gasteiger partial charge in [0.25, 0.3) is 0 Å². The van der Waals surface area contributed by atoms with Crippen molar-refractivity contribution in [2.24, 2.45) is 5.92 Å². The molecule has 0 aromatic carbocycles. The molecule has 1 saturated heterocycles. The lowest BCUT2D eigenvalue weighted by molar-refractivity contribution is -0.137. The van der Waals surface area contributed by atoms with E-state index in [1.807, 2.05) is 0 Å². The minimum atomic E-state index is -0.730. The fraction of sp³-hybridized carbons (Fsp3) is 0.571. The fourth-order valence-electron chi connectivity index (χ4n) is 2.60. The van der Waals surface area contributed by atoms with Crippen LogP contribution in [-0.4, -0.2) is 34.0 Å². The molecule has 0 aliphatic carbocycles. The Hall–Kier alpha value is -1.49. The Labute approximate surface area is 112 Å². The van der Waals surface area contributed by atoms with Crippen LogP contribution in [0, 0.1) is 11.7 Å². The maximum absolute atomic E-state index is 12.8. The molecule has 0 radical (unpaired) electrons. The van der Waals surface area contributed by atoms with Crippen LogP contribution < -0.4 is 0 Å². The number of nitrogens with zero attached hydrogens (tertiary/aromatic N) is 2. The van der Waals surface area contributed by atoms with Gasteiger partial charge in [-0.2, -0.15) is 0 Å². The minimum Gasteiger partial charge on any atom is -0.481 e. The van der Waals surface area contributed by atoms with Crippen LogP contribution in [0.5, 0.6) is 0 Å². The number of aromatic nitrogens is 1. The highest BCUT2D eigenvalue weighted by Gasteiger charge is 2.27. The highest BCUT2D eigenvalue weighted by molar-refractivity contribution is 5.66. The van der Waals surface area contributed by atoms with Crippen molar-refractivity contribution < 1.29 is 14.3 Å². The van der Waals surface area contributed by atoms with Gasteiger partial charge >= 0.3 is 5.97 Å². The van der Waals surface area contributed by atoms with Gasteiger partial charge in [-0.15, -0.1) is 0 Å². The molecule has 1 N–H and O–H groups in total. The van der Waals surface area contributed by atoms with Crippen molar-refractivity contribution in [3.8, 4) is 0 Å². The van der Waals surface area contributed by atoms with E-state index in [0.717, 1.165) is 31.6 Å².